The molecule has 1 aliphatic rings. The summed E-state index contributed by atoms with van der Waals surface area (Å²) in [5.41, 5.74) is 1.31. The zero-order valence-corrected chi connectivity index (χ0v) is 20.7. The van der Waals surface area contributed by atoms with Crippen LogP contribution < -0.4 is 10.1 Å². The number of hydrogen-bond acceptors (Lipinski definition) is 6. The van der Waals surface area contributed by atoms with Crippen molar-refractivity contribution in [3.63, 3.8) is 0 Å². The number of nitrogens with zero attached hydrogens (tertiary/aromatic N) is 4. The number of benzene rings is 1. The molecule has 3 aromatic rings. The predicted octanol–water partition coefficient (Wildman–Crippen LogP) is 5.57. The van der Waals surface area contributed by atoms with Crippen LogP contribution in [0.5, 0.6) is 5.88 Å². The molecule has 0 saturated heterocycles. The number of ether oxygens (including phenoxy) is 1. The summed E-state index contributed by atoms with van der Waals surface area (Å²) in [5.74, 6) is -0.406. The van der Waals surface area contributed by atoms with Crippen LogP contribution in [0.2, 0.25) is 0 Å². The fourth-order valence-corrected chi connectivity index (χ4v) is 4.31. The lowest BCUT2D eigenvalue weighted by atomic mass is 9.99. The van der Waals surface area contributed by atoms with Crippen LogP contribution in [0.3, 0.4) is 0 Å². The Hall–Kier alpha value is -3.76. The molecule has 0 aliphatic carbocycles. The van der Waals surface area contributed by atoms with Crippen molar-refractivity contribution in [2.24, 2.45) is 0 Å². The van der Waals surface area contributed by atoms with Crippen LogP contribution in [0.25, 0.3) is 16.6 Å². The van der Waals surface area contributed by atoms with Crippen molar-refractivity contribution >= 4 is 28.3 Å². The number of nitrogens with one attached hydrogen (secondary N) is 1. The second-order valence-corrected chi connectivity index (χ2v) is 8.63. The SMILES string of the molecule is CCOc1nc2nc(C)nc(NC(C)c3cccc(C(F)F)c3F)c2cc1C1=CCN(C(=O)CF)CC1. The molecule has 0 radical (unpaired) electrons. The van der Waals surface area contributed by atoms with E-state index >= 15 is 0 Å². The highest BCUT2D eigenvalue weighted by Gasteiger charge is 2.24. The molecule has 4 rings (SSSR count). The Balaban J connectivity index is 1.75. The normalized spacial score (nSPS) is 14.6. The van der Waals surface area contributed by atoms with Gasteiger partial charge < -0.3 is 15.0 Å². The summed E-state index contributed by atoms with van der Waals surface area (Å²) < 4.78 is 59.8. The number of alkyl halides is 3. The first-order valence-corrected chi connectivity index (χ1v) is 11.9. The molecule has 1 N–H and O–H groups in total. The van der Waals surface area contributed by atoms with E-state index in [9.17, 15) is 22.4 Å². The largest absolute Gasteiger partial charge is 0.477 e. The minimum atomic E-state index is -2.93. The number of amides is 1. The van der Waals surface area contributed by atoms with Crippen molar-refractivity contribution in [3.05, 3.63) is 58.7 Å². The van der Waals surface area contributed by atoms with Gasteiger partial charge in [0.05, 0.1) is 23.6 Å². The number of halogens is 4. The number of fused-ring (bicyclic) bond motifs is 1. The number of rotatable bonds is 8. The van der Waals surface area contributed by atoms with E-state index in [-0.39, 0.29) is 12.1 Å². The van der Waals surface area contributed by atoms with E-state index in [1.807, 2.05) is 19.1 Å². The zero-order valence-electron chi connectivity index (χ0n) is 20.7. The molecular weight excluding hydrogens is 490 g/mol. The molecule has 0 saturated carbocycles. The number of carbonyl (C=O) groups is 1. The van der Waals surface area contributed by atoms with Gasteiger partial charge in [0.1, 0.15) is 17.5 Å². The van der Waals surface area contributed by atoms with Gasteiger partial charge >= 0.3 is 0 Å². The average molecular weight is 518 g/mol. The maximum Gasteiger partial charge on any atom is 0.266 e. The topological polar surface area (TPSA) is 80.2 Å². The molecular formula is C26H27F4N5O2. The van der Waals surface area contributed by atoms with Crippen molar-refractivity contribution in [2.45, 2.75) is 39.7 Å². The lowest BCUT2D eigenvalue weighted by Gasteiger charge is -2.26. The van der Waals surface area contributed by atoms with E-state index in [0.717, 1.165) is 11.6 Å². The van der Waals surface area contributed by atoms with Crippen molar-refractivity contribution in [2.75, 3.05) is 31.7 Å². The van der Waals surface area contributed by atoms with Crippen molar-refractivity contribution in [3.8, 4) is 5.88 Å². The van der Waals surface area contributed by atoms with Gasteiger partial charge in [-0.3, -0.25) is 4.79 Å². The van der Waals surface area contributed by atoms with E-state index in [0.29, 0.717) is 53.7 Å². The van der Waals surface area contributed by atoms with Crippen molar-refractivity contribution < 1.29 is 27.1 Å². The van der Waals surface area contributed by atoms with Crippen molar-refractivity contribution in [1.82, 2.24) is 19.9 Å². The second kappa shape index (κ2) is 11.1. The molecule has 1 aliphatic heterocycles. The Morgan fingerprint density at radius 2 is 1.97 bits per heavy atom. The summed E-state index contributed by atoms with van der Waals surface area (Å²) in [4.78, 5) is 26.6. The molecule has 0 spiro atoms. The average Bonchev–Trinajstić information content (AvgIpc) is 2.88. The molecule has 37 heavy (non-hydrogen) atoms. The van der Waals surface area contributed by atoms with Gasteiger partial charge in [-0.1, -0.05) is 24.3 Å². The maximum absolute atomic E-state index is 14.8. The minimum Gasteiger partial charge on any atom is -0.477 e. The number of pyridine rings is 1. The van der Waals surface area contributed by atoms with E-state index < -0.39 is 36.4 Å². The third-order valence-corrected chi connectivity index (χ3v) is 6.18. The summed E-state index contributed by atoms with van der Waals surface area (Å²) in [6, 6.07) is 5.02. The zero-order chi connectivity index (χ0) is 26.7. The molecule has 196 valence electrons. The Morgan fingerprint density at radius 3 is 2.62 bits per heavy atom. The summed E-state index contributed by atoms with van der Waals surface area (Å²) >= 11 is 0. The van der Waals surface area contributed by atoms with Crippen LogP contribution in [0.1, 0.15) is 55.3 Å². The second-order valence-electron chi connectivity index (χ2n) is 8.63. The van der Waals surface area contributed by atoms with Crippen LogP contribution >= 0.6 is 0 Å². The summed E-state index contributed by atoms with van der Waals surface area (Å²) in [7, 11) is 0. The van der Waals surface area contributed by atoms with Gasteiger partial charge in [0.2, 0.25) is 5.88 Å². The Kier molecular flexibility index (Phi) is 7.89. The molecule has 1 amide bonds. The first-order chi connectivity index (χ1) is 17.7. The van der Waals surface area contributed by atoms with Gasteiger partial charge in [0, 0.05) is 24.2 Å². The van der Waals surface area contributed by atoms with Crippen LogP contribution in [0.4, 0.5) is 23.4 Å². The Labute approximate surface area is 211 Å². The van der Waals surface area contributed by atoms with Crippen LogP contribution in [-0.2, 0) is 4.79 Å². The monoisotopic (exact) mass is 517 g/mol. The quantitative estimate of drug-likeness (QED) is 0.394. The Bertz CT molecular complexity index is 1350. The maximum atomic E-state index is 14.8. The summed E-state index contributed by atoms with van der Waals surface area (Å²) in [6.45, 7) is 5.09. The molecule has 1 unspecified atom stereocenters. The lowest BCUT2D eigenvalue weighted by Crippen LogP contribution is -2.35. The third kappa shape index (κ3) is 5.50. The van der Waals surface area contributed by atoms with Gasteiger partial charge in [-0.2, -0.15) is 4.98 Å². The predicted molar refractivity (Wildman–Crippen MR) is 132 cm³/mol. The summed E-state index contributed by atoms with van der Waals surface area (Å²) in [5, 5.41) is 3.66. The minimum absolute atomic E-state index is 0.0777. The molecule has 7 nitrogen and oxygen atoms in total. The fraction of sp³-hybridized carbons (Fsp3) is 0.385. The van der Waals surface area contributed by atoms with Gasteiger partial charge in [-0.15, -0.1) is 0 Å². The van der Waals surface area contributed by atoms with Gasteiger partial charge in [0.25, 0.3) is 12.3 Å². The highest BCUT2D eigenvalue weighted by molar-refractivity contribution is 5.91. The standard InChI is InChI=1S/C26H27F4N5O2/c1-4-37-26-19(16-8-10-35(11-9-16)21(36)13-27)12-20-24(32-15(3)33-25(20)34-26)31-14(2)17-6-5-7-18(22(17)28)23(29)30/h5-8,12,14,23H,4,9-11,13H2,1-3H3,(H,31,32,33,34). The lowest BCUT2D eigenvalue weighted by molar-refractivity contribution is -0.131. The first-order valence-electron chi connectivity index (χ1n) is 11.9. The first kappa shape index (κ1) is 26.3. The van der Waals surface area contributed by atoms with Crippen LogP contribution in [-0.4, -0.2) is 52.1 Å². The van der Waals surface area contributed by atoms with E-state index in [1.165, 1.54) is 17.0 Å². The smallest absolute Gasteiger partial charge is 0.266 e. The Morgan fingerprint density at radius 1 is 1.22 bits per heavy atom. The van der Waals surface area contributed by atoms with Crippen LogP contribution in [0.15, 0.2) is 30.3 Å². The number of carbonyl (C=O) groups excluding carboxylic acids is 1. The number of anilines is 1. The third-order valence-electron chi connectivity index (χ3n) is 6.18. The highest BCUT2D eigenvalue weighted by atomic mass is 19.3. The molecule has 0 fully saturated rings. The van der Waals surface area contributed by atoms with E-state index in [1.54, 1.807) is 13.8 Å². The number of hydrogen-bond donors (Lipinski definition) is 1. The number of aryl methyl sites for hydroxylation is 1. The van der Waals surface area contributed by atoms with Crippen molar-refractivity contribution in [1.29, 1.82) is 0 Å². The van der Waals surface area contributed by atoms with E-state index in [2.05, 4.69) is 20.3 Å². The van der Waals surface area contributed by atoms with Gasteiger partial charge in [-0.05, 0) is 38.8 Å². The molecule has 0 bridgehead atoms. The fourth-order valence-electron chi connectivity index (χ4n) is 4.31. The number of aromatic nitrogens is 3. The molecule has 1 aromatic carbocycles. The van der Waals surface area contributed by atoms with Crippen LogP contribution in [0, 0.1) is 12.7 Å². The van der Waals surface area contributed by atoms with E-state index in [4.69, 9.17) is 4.74 Å². The molecule has 11 heteroatoms. The van der Waals surface area contributed by atoms with Gasteiger partial charge in [0.15, 0.2) is 12.3 Å². The molecule has 1 atom stereocenters. The highest BCUT2D eigenvalue weighted by Crippen LogP contribution is 2.35. The summed E-state index contributed by atoms with van der Waals surface area (Å²) in [6.07, 6.45) is -0.632. The van der Waals surface area contributed by atoms with Gasteiger partial charge in [-0.25, -0.2) is 27.5 Å². The molecule has 3 heterocycles. The molecule has 2 aromatic heterocycles.